The number of hydrogen-bond acceptors (Lipinski definition) is 6. The van der Waals surface area contributed by atoms with E-state index >= 15 is 0 Å². The maximum absolute atomic E-state index is 13.0. The summed E-state index contributed by atoms with van der Waals surface area (Å²) < 4.78 is 49.9. The number of piperidine rings is 1. The summed E-state index contributed by atoms with van der Waals surface area (Å²) in [7, 11) is 1.54. The van der Waals surface area contributed by atoms with Crippen LogP contribution >= 0.6 is 0 Å². The van der Waals surface area contributed by atoms with Crippen molar-refractivity contribution < 1.29 is 27.4 Å². The highest BCUT2D eigenvalue weighted by molar-refractivity contribution is 5.94. The molecular formula is C21H23F3N4O3. The fourth-order valence-corrected chi connectivity index (χ4v) is 3.85. The van der Waals surface area contributed by atoms with Crippen LogP contribution in [0.4, 0.5) is 36.1 Å². The lowest BCUT2D eigenvalue weighted by Crippen LogP contribution is -2.39. The van der Waals surface area contributed by atoms with Crippen molar-refractivity contribution in [2.24, 2.45) is 5.92 Å². The van der Waals surface area contributed by atoms with E-state index in [0.717, 1.165) is 16.9 Å². The molecule has 1 amide bonds. The lowest BCUT2D eigenvalue weighted by Gasteiger charge is -2.35. The molecule has 1 fully saturated rings. The van der Waals surface area contributed by atoms with E-state index < -0.39 is 12.1 Å². The van der Waals surface area contributed by atoms with E-state index in [9.17, 15) is 18.0 Å². The highest BCUT2D eigenvalue weighted by atomic mass is 19.4. The lowest BCUT2D eigenvalue weighted by molar-refractivity contribution is -0.179. The summed E-state index contributed by atoms with van der Waals surface area (Å²) in [5.41, 5.74) is 3.12. The number of aryl methyl sites for hydroxylation is 1. The molecule has 4 rings (SSSR count). The Morgan fingerprint density at radius 1 is 1.26 bits per heavy atom. The van der Waals surface area contributed by atoms with Crippen LogP contribution in [0.1, 0.15) is 18.4 Å². The molecule has 3 heterocycles. The molecule has 0 spiro atoms. The van der Waals surface area contributed by atoms with Gasteiger partial charge < -0.3 is 25.0 Å². The normalized spacial score (nSPS) is 16.9. The van der Waals surface area contributed by atoms with Crippen molar-refractivity contribution in [3.63, 3.8) is 0 Å². The lowest BCUT2D eigenvalue weighted by atomic mass is 9.95. The number of carbonyl (C=O) groups excluding carboxylic acids is 1. The van der Waals surface area contributed by atoms with Gasteiger partial charge in [-0.2, -0.15) is 13.2 Å². The van der Waals surface area contributed by atoms with E-state index in [2.05, 4.69) is 15.6 Å². The largest absolute Gasteiger partial charge is 0.495 e. The zero-order valence-electron chi connectivity index (χ0n) is 17.2. The smallest absolute Gasteiger partial charge is 0.391 e. The molecule has 1 aromatic heterocycles. The third-order valence-electron chi connectivity index (χ3n) is 5.57. The number of aromatic nitrogens is 1. The Hall–Kier alpha value is -3.17. The molecule has 0 atom stereocenters. The Bertz CT molecular complexity index is 989. The van der Waals surface area contributed by atoms with Crippen molar-refractivity contribution in [1.29, 1.82) is 0 Å². The monoisotopic (exact) mass is 436 g/mol. The van der Waals surface area contributed by atoms with Crippen molar-refractivity contribution in [1.82, 2.24) is 4.98 Å². The van der Waals surface area contributed by atoms with Gasteiger partial charge in [-0.1, -0.05) is 0 Å². The van der Waals surface area contributed by atoms with Crippen molar-refractivity contribution in [2.75, 3.05) is 42.3 Å². The van der Waals surface area contributed by atoms with Crippen LogP contribution in [0.25, 0.3) is 0 Å². The van der Waals surface area contributed by atoms with Crippen LogP contribution < -0.4 is 25.0 Å². The predicted molar refractivity (Wildman–Crippen MR) is 110 cm³/mol. The minimum Gasteiger partial charge on any atom is -0.495 e. The van der Waals surface area contributed by atoms with Gasteiger partial charge in [-0.3, -0.25) is 4.79 Å². The highest BCUT2D eigenvalue weighted by Crippen LogP contribution is 2.40. The number of benzene rings is 1. The standard InChI is InChI=1S/C21H23F3N4O3/c1-12-7-16(28-5-3-13(4-6-28)21(22,23)24)17(30-2)9-15(12)26-14-8-18-20(25-10-14)27-19(29)11-31-18/h7-10,13,26H,3-6,11H2,1-2H3,(H,25,27,29). The maximum Gasteiger partial charge on any atom is 0.391 e. The van der Waals surface area contributed by atoms with E-state index in [4.69, 9.17) is 9.47 Å². The molecule has 0 radical (unpaired) electrons. The minimum absolute atomic E-state index is 0.0648. The van der Waals surface area contributed by atoms with Gasteiger partial charge in [0.25, 0.3) is 5.91 Å². The molecule has 31 heavy (non-hydrogen) atoms. The number of anilines is 4. The molecule has 7 nitrogen and oxygen atoms in total. The highest BCUT2D eigenvalue weighted by Gasteiger charge is 2.41. The van der Waals surface area contributed by atoms with Gasteiger partial charge in [-0.15, -0.1) is 0 Å². The zero-order chi connectivity index (χ0) is 22.2. The van der Waals surface area contributed by atoms with Gasteiger partial charge in [-0.05, 0) is 31.4 Å². The summed E-state index contributed by atoms with van der Waals surface area (Å²) in [5.74, 6) is -0.0866. The number of halogens is 3. The number of amides is 1. The Morgan fingerprint density at radius 3 is 2.68 bits per heavy atom. The summed E-state index contributed by atoms with van der Waals surface area (Å²) in [6, 6.07) is 5.48. The fraction of sp³-hybridized carbons (Fsp3) is 0.429. The van der Waals surface area contributed by atoms with Gasteiger partial charge in [0.15, 0.2) is 18.2 Å². The quantitative estimate of drug-likeness (QED) is 0.746. The SMILES string of the molecule is COc1cc(Nc2cnc3c(c2)OCC(=O)N3)c(C)cc1N1CCC(C(F)(F)F)CC1. The van der Waals surface area contributed by atoms with Gasteiger partial charge in [0.05, 0.1) is 30.6 Å². The van der Waals surface area contributed by atoms with Crippen molar-refractivity contribution in [3.8, 4) is 11.5 Å². The Kier molecular flexibility index (Phi) is 5.55. The number of fused-ring (bicyclic) bond motifs is 1. The Balaban J connectivity index is 1.53. The maximum atomic E-state index is 13.0. The Morgan fingerprint density at radius 2 is 2.00 bits per heavy atom. The molecule has 0 bridgehead atoms. The number of pyridine rings is 1. The van der Waals surface area contributed by atoms with Gasteiger partial charge in [0, 0.05) is 30.9 Å². The molecule has 1 aromatic carbocycles. The van der Waals surface area contributed by atoms with Crippen molar-refractivity contribution >= 4 is 28.8 Å². The molecule has 2 N–H and O–H groups in total. The third-order valence-corrected chi connectivity index (χ3v) is 5.57. The number of methoxy groups -OCH3 is 1. The van der Waals surface area contributed by atoms with Crippen LogP contribution in [0.2, 0.25) is 0 Å². The number of hydrogen-bond donors (Lipinski definition) is 2. The first kappa shape index (κ1) is 21.1. The van der Waals surface area contributed by atoms with Crippen LogP contribution in [-0.4, -0.2) is 43.9 Å². The van der Waals surface area contributed by atoms with E-state index in [1.54, 1.807) is 12.3 Å². The van der Waals surface area contributed by atoms with Crippen molar-refractivity contribution in [3.05, 3.63) is 30.0 Å². The van der Waals surface area contributed by atoms with Crippen LogP contribution in [-0.2, 0) is 4.79 Å². The van der Waals surface area contributed by atoms with E-state index in [1.165, 1.54) is 7.11 Å². The first-order valence-electron chi connectivity index (χ1n) is 9.94. The number of nitrogens with zero attached hydrogens (tertiary/aromatic N) is 2. The van der Waals surface area contributed by atoms with E-state index in [0.29, 0.717) is 36.1 Å². The number of ether oxygens (including phenoxy) is 2. The topological polar surface area (TPSA) is 75.7 Å². The van der Waals surface area contributed by atoms with Gasteiger partial charge in [0.2, 0.25) is 0 Å². The van der Waals surface area contributed by atoms with Gasteiger partial charge in [0.1, 0.15) is 5.75 Å². The number of nitrogens with one attached hydrogen (secondary N) is 2. The van der Waals surface area contributed by atoms with Crippen LogP contribution in [0.15, 0.2) is 24.4 Å². The van der Waals surface area contributed by atoms with Crippen LogP contribution in [0.5, 0.6) is 11.5 Å². The van der Waals surface area contributed by atoms with Crippen LogP contribution in [0.3, 0.4) is 0 Å². The summed E-state index contributed by atoms with van der Waals surface area (Å²) in [4.78, 5) is 17.5. The third kappa shape index (κ3) is 4.47. The van der Waals surface area contributed by atoms with E-state index in [-0.39, 0.29) is 25.4 Å². The average Bonchev–Trinajstić information content (AvgIpc) is 2.74. The number of carbonyl (C=O) groups is 1. The molecule has 2 aliphatic rings. The zero-order valence-corrected chi connectivity index (χ0v) is 17.2. The van der Waals surface area contributed by atoms with Crippen molar-refractivity contribution in [2.45, 2.75) is 25.9 Å². The second kappa shape index (κ2) is 8.16. The molecule has 2 aromatic rings. The van der Waals surface area contributed by atoms with Gasteiger partial charge >= 0.3 is 6.18 Å². The summed E-state index contributed by atoms with van der Waals surface area (Å²) in [6.45, 7) is 2.50. The summed E-state index contributed by atoms with van der Waals surface area (Å²) in [6.07, 6.45) is -2.42. The average molecular weight is 436 g/mol. The first-order valence-corrected chi connectivity index (χ1v) is 9.94. The molecule has 166 valence electrons. The van der Waals surface area contributed by atoms with Crippen LogP contribution in [0, 0.1) is 12.8 Å². The second-order valence-corrected chi connectivity index (χ2v) is 7.67. The molecule has 1 saturated heterocycles. The molecule has 0 saturated carbocycles. The predicted octanol–water partition coefficient (Wildman–Crippen LogP) is 4.25. The Labute approximate surface area is 177 Å². The molecule has 0 unspecified atom stereocenters. The second-order valence-electron chi connectivity index (χ2n) is 7.67. The number of alkyl halides is 3. The molecule has 2 aliphatic heterocycles. The van der Waals surface area contributed by atoms with Gasteiger partial charge in [-0.25, -0.2) is 4.98 Å². The first-order chi connectivity index (χ1) is 14.7. The molecule has 10 heteroatoms. The van der Waals surface area contributed by atoms with E-state index in [1.807, 2.05) is 24.0 Å². The summed E-state index contributed by atoms with van der Waals surface area (Å²) in [5, 5.41) is 5.90. The summed E-state index contributed by atoms with van der Waals surface area (Å²) >= 11 is 0. The molecular weight excluding hydrogens is 413 g/mol. The molecule has 0 aliphatic carbocycles. The minimum atomic E-state index is -4.14. The number of rotatable bonds is 4. The fourth-order valence-electron chi connectivity index (χ4n) is 3.85.